The molecule has 0 aliphatic carbocycles. The molecule has 3 heteroatoms. The quantitative estimate of drug-likeness (QED) is 0.841. The van der Waals surface area contributed by atoms with Gasteiger partial charge in [-0.25, -0.2) is 0 Å². The molecule has 2 rings (SSSR count). The fourth-order valence-electron chi connectivity index (χ4n) is 2.55. The van der Waals surface area contributed by atoms with Crippen molar-refractivity contribution in [2.75, 3.05) is 6.54 Å². The minimum Gasteiger partial charge on any atom is -0.310 e. The number of nitrogens with one attached hydrogen (secondary N) is 1. The molecule has 2 nitrogen and oxygen atoms in total. The minimum absolute atomic E-state index is 0.312. The molecule has 0 spiro atoms. The van der Waals surface area contributed by atoms with Crippen molar-refractivity contribution in [2.24, 2.45) is 0 Å². The number of hydrogen-bond acceptors (Lipinski definition) is 2. The number of aryl methyl sites for hydroxylation is 2. The van der Waals surface area contributed by atoms with Crippen LogP contribution in [0.3, 0.4) is 0 Å². The average Bonchev–Trinajstić information content (AvgIpc) is 2.44. The van der Waals surface area contributed by atoms with Crippen molar-refractivity contribution in [3.8, 4) is 0 Å². The molecule has 1 N–H and O–H groups in total. The topological polar surface area (TPSA) is 24.9 Å². The van der Waals surface area contributed by atoms with E-state index in [9.17, 15) is 0 Å². The molecular weight excluding hydrogens is 280 g/mol. The van der Waals surface area contributed by atoms with Crippen molar-refractivity contribution in [1.29, 1.82) is 0 Å². The van der Waals surface area contributed by atoms with Gasteiger partial charge in [0.15, 0.2) is 0 Å². The lowest BCUT2D eigenvalue weighted by Gasteiger charge is -2.20. The number of aromatic nitrogens is 1. The molecule has 2 aromatic rings. The molecule has 1 aromatic carbocycles. The second-order valence-corrected chi connectivity index (χ2v) is 5.96. The highest BCUT2D eigenvalue weighted by Gasteiger charge is 2.13. The molecular formula is C18H23ClN2. The van der Waals surface area contributed by atoms with Crippen molar-refractivity contribution in [1.82, 2.24) is 10.3 Å². The van der Waals surface area contributed by atoms with Gasteiger partial charge in [-0.05, 0) is 68.6 Å². The van der Waals surface area contributed by atoms with E-state index in [0.717, 1.165) is 35.8 Å². The Morgan fingerprint density at radius 3 is 2.29 bits per heavy atom. The molecule has 0 bridgehead atoms. The van der Waals surface area contributed by atoms with Crippen LogP contribution in [0.1, 0.15) is 41.9 Å². The summed E-state index contributed by atoms with van der Waals surface area (Å²) in [5.74, 6) is 0. The van der Waals surface area contributed by atoms with Crippen LogP contribution in [0, 0.1) is 13.8 Å². The number of hydrogen-bond donors (Lipinski definition) is 1. The van der Waals surface area contributed by atoms with E-state index in [1.54, 1.807) is 0 Å². The van der Waals surface area contributed by atoms with Crippen LogP contribution < -0.4 is 5.32 Å². The van der Waals surface area contributed by atoms with Crippen LogP contribution in [0.2, 0.25) is 5.02 Å². The normalized spacial score (nSPS) is 12.4. The lowest BCUT2D eigenvalue weighted by molar-refractivity contribution is 0.528. The highest BCUT2D eigenvalue weighted by molar-refractivity contribution is 6.30. The zero-order valence-electron chi connectivity index (χ0n) is 13.0. The standard InChI is InChI=1S/C18H23ClN2/c1-4-9-20-18(12-15-5-7-17(19)8-6-15)16-10-13(2)21-14(3)11-16/h5-8,10-11,18,20H,4,9,12H2,1-3H3. The van der Waals surface area contributed by atoms with Crippen LogP contribution in [0.5, 0.6) is 0 Å². The van der Waals surface area contributed by atoms with E-state index in [-0.39, 0.29) is 0 Å². The van der Waals surface area contributed by atoms with Gasteiger partial charge in [0, 0.05) is 22.5 Å². The highest BCUT2D eigenvalue weighted by atomic mass is 35.5. The van der Waals surface area contributed by atoms with E-state index in [4.69, 9.17) is 11.6 Å². The Hall–Kier alpha value is -1.38. The van der Waals surface area contributed by atoms with Crippen molar-refractivity contribution in [2.45, 2.75) is 39.7 Å². The maximum absolute atomic E-state index is 5.97. The fraction of sp³-hybridized carbons (Fsp3) is 0.389. The van der Waals surface area contributed by atoms with Crippen molar-refractivity contribution in [3.05, 3.63) is 63.9 Å². The SMILES string of the molecule is CCCNC(Cc1ccc(Cl)cc1)c1cc(C)nc(C)c1. The summed E-state index contributed by atoms with van der Waals surface area (Å²) in [5, 5.41) is 4.43. The van der Waals surface area contributed by atoms with Gasteiger partial charge in [-0.3, -0.25) is 4.98 Å². The van der Waals surface area contributed by atoms with E-state index in [0.29, 0.717) is 6.04 Å². The van der Waals surface area contributed by atoms with E-state index in [1.165, 1.54) is 11.1 Å². The van der Waals surface area contributed by atoms with Gasteiger partial charge in [0.1, 0.15) is 0 Å². The van der Waals surface area contributed by atoms with E-state index >= 15 is 0 Å². The molecule has 0 aliphatic rings. The molecule has 0 radical (unpaired) electrons. The van der Waals surface area contributed by atoms with Crippen LogP contribution in [-0.2, 0) is 6.42 Å². The van der Waals surface area contributed by atoms with Gasteiger partial charge in [0.2, 0.25) is 0 Å². The van der Waals surface area contributed by atoms with Crippen LogP contribution in [-0.4, -0.2) is 11.5 Å². The summed E-state index contributed by atoms with van der Waals surface area (Å²) in [7, 11) is 0. The predicted octanol–water partition coefficient (Wildman–Crippen LogP) is 4.64. The fourth-order valence-corrected chi connectivity index (χ4v) is 2.68. The zero-order chi connectivity index (χ0) is 15.2. The first kappa shape index (κ1) is 16.0. The van der Waals surface area contributed by atoms with E-state index in [1.807, 2.05) is 12.1 Å². The summed E-state index contributed by atoms with van der Waals surface area (Å²) in [6.45, 7) is 7.30. The second kappa shape index (κ2) is 7.58. The third kappa shape index (κ3) is 4.83. The highest BCUT2D eigenvalue weighted by Crippen LogP contribution is 2.21. The van der Waals surface area contributed by atoms with Gasteiger partial charge < -0.3 is 5.32 Å². The largest absolute Gasteiger partial charge is 0.310 e. The predicted molar refractivity (Wildman–Crippen MR) is 89.9 cm³/mol. The summed E-state index contributed by atoms with van der Waals surface area (Å²) in [5.41, 5.74) is 4.75. The first-order chi connectivity index (χ1) is 10.1. The van der Waals surface area contributed by atoms with Gasteiger partial charge in [0.25, 0.3) is 0 Å². The molecule has 1 aromatic heterocycles. The first-order valence-corrected chi connectivity index (χ1v) is 7.89. The number of benzene rings is 1. The molecule has 0 aliphatic heterocycles. The van der Waals surface area contributed by atoms with Crippen LogP contribution in [0.4, 0.5) is 0 Å². The Bertz CT molecular complexity index is 558. The smallest absolute Gasteiger partial charge is 0.0406 e. The Kier molecular flexibility index (Phi) is 5.77. The monoisotopic (exact) mass is 302 g/mol. The van der Waals surface area contributed by atoms with Gasteiger partial charge in [-0.2, -0.15) is 0 Å². The molecule has 0 amide bonds. The Labute approximate surface area is 132 Å². The number of nitrogens with zero attached hydrogens (tertiary/aromatic N) is 1. The molecule has 0 saturated carbocycles. The van der Waals surface area contributed by atoms with Crippen molar-refractivity contribution < 1.29 is 0 Å². The summed E-state index contributed by atoms with van der Waals surface area (Å²) in [6, 6.07) is 12.8. The molecule has 1 unspecified atom stereocenters. The maximum Gasteiger partial charge on any atom is 0.0406 e. The zero-order valence-corrected chi connectivity index (χ0v) is 13.7. The Morgan fingerprint density at radius 2 is 1.71 bits per heavy atom. The number of pyridine rings is 1. The Morgan fingerprint density at radius 1 is 1.10 bits per heavy atom. The lowest BCUT2D eigenvalue weighted by atomic mass is 9.98. The molecule has 0 saturated heterocycles. The van der Waals surface area contributed by atoms with Crippen molar-refractivity contribution in [3.63, 3.8) is 0 Å². The van der Waals surface area contributed by atoms with Gasteiger partial charge in [-0.1, -0.05) is 30.7 Å². The van der Waals surface area contributed by atoms with E-state index in [2.05, 4.69) is 55.3 Å². The molecule has 1 atom stereocenters. The molecule has 0 fully saturated rings. The minimum atomic E-state index is 0.312. The van der Waals surface area contributed by atoms with Gasteiger partial charge >= 0.3 is 0 Å². The Balaban J connectivity index is 2.22. The molecule has 21 heavy (non-hydrogen) atoms. The number of halogens is 1. The van der Waals surface area contributed by atoms with Gasteiger partial charge in [-0.15, -0.1) is 0 Å². The van der Waals surface area contributed by atoms with Crippen molar-refractivity contribution >= 4 is 11.6 Å². The summed E-state index contributed by atoms with van der Waals surface area (Å²) < 4.78 is 0. The maximum atomic E-state index is 5.97. The summed E-state index contributed by atoms with van der Waals surface area (Å²) >= 11 is 5.97. The summed E-state index contributed by atoms with van der Waals surface area (Å²) in [4.78, 5) is 4.47. The van der Waals surface area contributed by atoms with Crippen LogP contribution >= 0.6 is 11.6 Å². The molecule has 1 heterocycles. The van der Waals surface area contributed by atoms with Crippen LogP contribution in [0.25, 0.3) is 0 Å². The van der Waals surface area contributed by atoms with Gasteiger partial charge in [0.05, 0.1) is 0 Å². The molecule has 112 valence electrons. The number of rotatable bonds is 6. The third-order valence-electron chi connectivity index (χ3n) is 3.50. The van der Waals surface area contributed by atoms with E-state index < -0.39 is 0 Å². The van der Waals surface area contributed by atoms with Crippen LogP contribution in [0.15, 0.2) is 36.4 Å². The second-order valence-electron chi connectivity index (χ2n) is 5.52. The lowest BCUT2D eigenvalue weighted by Crippen LogP contribution is -2.24. The third-order valence-corrected chi connectivity index (χ3v) is 3.75. The average molecular weight is 303 g/mol. The first-order valence-electron chi connectivity index (χ1n) is 7.51. The summed E-state index contributed by atoms with van der Waals surface area (Å²) in [6.07, 6.45) is 2.08.